The number of rotatable bonds is 3. The summed E-state index contributed by atoms with van der Waals surface area (Å²) in [5.74, 6) is 0.167. The van der Waals surface area contributed by atoms with Gasteiger partial charge in [0.25, 0.3) is 0 Å². The van der Waals surface area contributed by atoms with Gasteiger partial charge < -0.3 is 16.0 Å². The van der Waals surface area contributed by atoms with Crippen LogP contribution in [0.15, 0.2) is 24.7 Å². The molecule has 0 fully saturated rings. The lowest BCUT2D eigenvalue weighted by atomic mass is 10.1. The van der Waals surface area contributed by atoms with Gasteiger partial charge in [0.05, 0.1) is 29.7 Å². The van der Waals surface area contributed by atoms with E-state index in [1.54, 1.807) is 0 Å². The zero-order valence-electron chi connectivity index (χ0n) is 12.0. The number of hydrogen-bond acceptors (Lipinski definition) is 6. The molecule has 4 N–H and O–H groups in total. The van der Waals surface area contributed by atoms with Crippen molar-refractivity contribution >= 4 is 17.0 Å². The molecule has 0 aromatic carbocycles. The molecule has 122 valence electrons. The average molecular weight is 333 g/mol. The largest absolute Gasteiger partial charge is 0.417 e. The van der Waals surface area contributed by atoms with E-state index >= 15 is 0 Å². The average Bonchev–Trinajstić information content (AvgIpc) is 2.97. The van der Waals surface area contributed by atoms with E-state index in [-0.39, 0.29) is 34.9 Å². The molecule has 0 bridgehead atoms. The van der Waals surface area contributed by atoms with E-state index in [0.717, 1.165) is 12.3 Å². The van der Waals surface area contributed by atoms with Crippen LogP contribution in [-0.4, -0.2) is 26.6 Å². The summed E-state index contributed by atoms with van der Waals surface area (Å²) in [6.45, 7) is 0.0685. The van der Waals surface area contributed by atoms with Crippen molar-refractivity contribution in [2.75, 3.05) is 12.0 Å². The minimum absolute atomic E-state index is 0.0685. The van der Waals surface area contributed by atoms with E-state index in [2.05, 4.69) is 25.3 Å². The molecular weight excluding hydrogens is 323 g/mol. The van der Waals surface area contributed by atoms with Crippen LogP contribution in [0.5, 0.6) is 0 Å². The molecule has 0 aliphatic rings. The molecule has 0 amide bonds. The second-order valence-electron chi connectivity index (χ2n) is 4.77. The number of nitrogens with one attached hydrogen (secondary N) is 2. The molecule has 7 nitrogen and oxygen atoms in total. The second kappa shape index (κ2) is 5.78. The lowest BCUT2D eigenvalue weighted by molar-refractivity contribution is -0.137. The number of hydrogen-bond donors (Lipinski definition) is 3. The van der Waals surface area contributed by atoms with E-state index in [0.29, 0.717) is 5.56 Å². The Labute approximate surface area is 133 Å². The van der Waals surface area contributed by atoms with Crippen LogP contribution in [0, 0.1) is 11.3 Å². The summed E-state index contributed by atoms with van der Waals surface area (Å²) < 4.78 is 38.7. The first-order valence-electron chi connectivity index (χ1n) is 6.70. The number of H-pyrrole nitrogens is 1. The zero-order valence-corrected chi connectivity index (χ0v) is 12.0. The van der Waals surface area contributed by atoms with Crippen LogP contribution in [-0.2, 0) is 6.18 Å². The van der Waals surface area contributed by atoms with E-state index in [1.807, 2.05) is 6.07 Å². The number of nitriles is 1. The van der Waals surface area contributed by atoms with Crippen LogP contribution in [0.3, 0.4) is 0 Å². The third-order valence-electron chi connectivity index (χ3n) is 3.28. The minimum atomic E-state index is -4.52. The van der Waals surface area contributed by atoms with Crippen molar-refractivity contribution < 1.29 is 13.2 Å². The maximum atomic E-state index is 12.9. The van der Waals surface area contributed by atoms with Crippen molar-refractivity contribution in [3.63, 3.8) is 0 Å². The fourth-order valence-corrected chi connectivity index (χ4v) is 2.20. The number of nitrogens with zero attached hydrogens (tertiary/aromatic N) is 4. The molecule has 0 spiro atoms. The first kappa shape index (κ1) is 15.7. The Morgan fingerprint density at radius 3 is 2.75 bits per heavy atom. The van der Waals surface area contributed by atoms with Crippen LogP contribution < -0.4 is 11.1 Å². The van der Waals surface area contributed by atoms with Gasteiger partial charge in [-0.05, 0) is 6.07 Å². The molecule has 0 aliphatic heterocycles. The van der Waals surface area contributed by atoms with Crippen LogP contribution >= 0.6 is 0 Å². The van der Waals surface area contributed by atoms with Crippen LogP contribution in [0.1, 0.15) is 11.1 Å². The van der Waals surface area contributed by atoms with Gasteiger partial charge in [0, 0.05) is 23.3 Å². The van der Waals surface area contributed by atoms with Crippen molar-refractivity contribution in [1.29, 1.82) is 5.26 Å². The fourth-order valence-electron chi connectivity index (χ4n) is 2.20. The third kappa shape index (κ3) is 2.72. The third-order valence-corrected chi connectivity index (χ3v) is 3.28. The number of anilines is 1. The molecule has 24 heavy (non-hydrogen) atoms. The van der Waals surface area contributed by atoms with Gasteiger partial charge in [-0.3, -0.25) is 0 Å². The van der Waals surface area contributed by atoms with Crippen molar-refractivity contribution in [3.05, 3.63) is 35.8 Å². The normalized spacial score (nSPS) is 11.5. The van der Waals surface area contributed by atoms with Gasteiger partial charge in [-0.1, -0.05) is 0 Å². The maximum Gasteiger partial charge on any atom is 0.417 e. The van der Waals surface area contributed by atoms with E-state index in [9.17, 15) is 18.4 Å². The van der Waals surface area contributed by atoms with Gasteiger partial charge in [0.15, 0.2) is 0 Å². The molecule has 3 heterocycles. The minimum Gasteiger partial charge on any atom is -0.345 e. The smallest absolute Gasteiger partial charge is 0.345 e. The highest BCUT2D eigenvalue weighted by Gasteiger charge is 2.31. The Bertz CT molecular complexity index is 940. The van der Waals surface area contributed by atoms with Gasteiger partial charge >= 0.3 is 6.18 Å². The van der Waals surface area contributed by atoms with Crippen molar-refractivity contribution in [3.8, 4) is 17.3 Å². The molecular formula is C14H10F3N7. The Kier molecular flexibility index (Phi) is 3.78. The SMILES string of the molecule is N#Cc1cnc(NCN)nc1-c1c[nH]c2ncc(C(F)(F)F)cc12. The monoisotopic (exact) mass is 333 g/mol. The number of aromatic amines is 1. The first-order valence-corrected chi connectivity index (χ1v) is 6.70. The molecule has 0 saturated carbocycles. The number of fused-ring (bicyclic) bond motifs is 1. The highest BCUT2D eigenvalue weighted by Crippen LogP contribution is 2.34. The molecule has 0 unspecified atom stereocenters. The molecule has 3 aromatic rings. The predicted molar refractivity (Wildman–Crippen MR) is 79.5 cm³/mol. The quantitative estimate of drug-likeness (QED) is 0.633. The fraction of sp³-hybridized carbons (Fsp3) is 0.143. The highest BCUT2D eigenvalue weighted by atomic mass is 19.4. The van der Waals surface area contributed by atoms with E-state index in [4.69, 9.17) is 5.73 Å². The Morgan fingerprint density at radius 1 is 1.29 bits per heavy atom. The molecule has 0 saturated heterocycles. The lowest BCUT2D eigenvalue weighted by Gasteiger charge is -2.08. The van der Waals surface area contributed by atoms with Crippen LogP contribution in [0.25, 0.3) is 22.3 Å². The van der Waals surface area contributed by atoms with Crippen molar-refractivity contribution in [2.45, 2.75) is 6.18 Å². The van der Waals surface area contributed by atoms with E-state index < -0.39 is 11.7 Å². The molecule has 0 atom stereocenters. The number of halogens is 3. The van der Waals surface area contributed by atoms with Gasteiger partial charge in [-0.2, -0.15) is 18.4 Å². The number of pyridine rings is 1. The summed E-state index contributed by atoms with van der Waals surface area (Å²) in [5, 5.41) is 12.1. The Balaban J connectivity index is 2.22. The summed E-state index contributed by atoms with van der Waals surface area (Å²) in [6, 6.07) is 2.89. The topological polar surface area (TPSA) is 116 Å². The lowest BCUT2D eigenvalue weighted by Crippen LogP contribution is -2.13. The Hall–Kier alpha value is -3.19. The van der Waals surface area contributed by atoms with Crippen molar-refractivity contribution in [1.82, 2.24) is 19.9 Å². The summed E-state index contributed by atoms with van der Waals surface area (Å²) in [7, 11) is 0. The van der Waals surface area contributed by atoms with Crippen LogP contribution in [0.4, 0.5) is 19.1 Å². The summed E-state index contributed by atoms with van der Waals surface area (Å²) >= 11 is 0. The molecule has 10 heteroatoms. The highest BCUT2D eigenvalue weighted by molar-refractivity contribution is 5.94. The maximum absolute atomic E-state index is 12.9. The van der Waals surface area contributed by atoms with Crippen LogP contribution in [0.2, 0.25) is 0 Å². The van der Waals surface area contributed by atoms with E-state index in [1.165, 1.54) is 12.4 Å². The van der Waals surface area contributed by atoms with Gasteiger partial charge in [0.2, 0.25) is 5.95 Å². The Morgan fingerprint density at radius 2 is 2.08 bits per heavy atom. The molecule has 0 radical (unpaired) electrons. The standard InChI is InChI=1S/C14H10F3N7/c15-14(16,17)8-1-9-10(5-21-12(9)20-4-8)11-7(2-18)3-22-13(24-11)23-6-19/h1,3-5H,6,19H2,(H,20,21)(H,22,23,24). The first-order chi connectivity index (χ1) is 11.4. The second-order valence-corrected chi connectivity index (χ2v) is 4.77. The molecule has 3 rings (SSSR count). The summed E-state index contributed by atoms with van der Waals surface area (Å²) in [5.41, 5.74) is 5.37. The molecule has 3 aromatic heterocycles. The van der Waals surface area contributed by atoms with Gasteiger partial charge in [-0.15, -0.1) is 0 Å². The zero-order chi connectivity index (χ0) is 17.3. The van der Waals surface area contributed by atoms with Crippen molar-refractivity contribution in [2.24, 2.45) is 5.73 Å². The number of aromatic nitrogens is 4. The summed E-state index contributed by atoms with van der Waals surface area (Å²) in [4.78, 5) is 14.6. The predicted octanol–water partition coefficient (Wildman–Crippen LogP) is 2.24. The number of nitrogens with two attached hydrogens (primary N) is 1. The number of alkyl halides is 3. The molecule has 0 aliphatic carbocycles. The summed E-state index contributed by atoms with van der Waals surface area (Å²) in [6.07, 6.45) is -1.05. The van der Waals surface area contributed by atoms with Gasteiger partial charge in [-0.25, -0.2) is 15.0 Å². The van der Waals surface area contributed by atoms with Gasteiger partial charge in [0.1, 0.15) is 11.7 Å².